The fourth-order valence-corrected chi connectivity index (χ4v) is 20.7. The van der Waals surface area contributed by atoms with Gasteiger partial charge in [0, 0.05) is 86.0 Å². The normalized spacial score (nSPS) is 12.9. The Bertz CT molecular complexity index is 7560. The molecule has 0 saturated heterocycles. The second kappa shape index (κ2) is 22.6. The van der Waals surface area contributed by atoms with Gasteiger partial charge in [-0.15, -0.1) is 11.3 Å². The van der Waals surface area contributed by atoms with E-state index < -0.39 is 5.41 Å². The van der Waals surface area contributed by atoms with Crippen LogP contribution in [0.1, 0.15) is 22.3 Å². The van der Waals surface area contributed by atoms with Crippen molar-refractivity contribution < 1.29 is 0 Å². The molecule has 5 aromatic heterocycles. The zero-order chi connectivity index (χ0) is 70.5. The zero-order valence-electron chi connectivity index (χ0n) is 58.5. The Morgan fingerprint density at radius 2 is 0.509 bits per heavy atom. The predicted octanol–water partition coefficient (Wildman–Crippen LogP) is 27.5. The van der Waals surface area contributed by atoms with E-state index in [-0.39, 0.29) is 0 Å². The molecule has 2 aliphatic carbocycles. The number of aromatic nitrogens is 4. The van der Waals surface area contributed by atoms with Crippen LogP contribution in [0.5, 0.6) is 0 Å². The lowest BCUT2D eigenvalue weighted by atomic mass is 9.70. The van der Waals surface area contributed by atoms with Gasteiger partial charge >= 0.3 is 0 Å². The summed E-state index contributed by atoms with van der Waals surface area (Å²) >= 11 is 1.91. The van der Waals surface area contributed by atoms with E-state index in [9.17, 15) is 0 Å². The van der Waals surface area contributed by atoms with Gasteiger partial charge < -0.3 is 18.3 Å². The average Bonchev–Trinajstić information content (AvgIpc) is 1.50. The fraction of sp³-hybridized carbons (Fsp3) is 0.00971. The second-order valence-corrected chi connectivity index (χ2v) is 30.4. The summed E-state index contributed by atoms with van der Waals surface area (Å²) in [6.45, 7) is 0. The minimum Gasteiger partial charge on any atom is -0.309 e. The second-order valence-electron chi connectivity index (χ2n) is 29.4. The van der Waals surface area contributed by atoms with E-state index in [0.29, 0.717) is 0 Å². The largest absolute Gasteiger partial charge is 0.309 e. The quantitative estimate of drug-likeness (QED) is 0.144. The topological polar surface area (TPSA) is 19.7 Å². The van der Waals surface area contributed by atoms with Crippen LogP contribution in [0.3, 0.4) is 0 Å². The first-order valence-corrected chi connectivity index (χ1v) is 38.2. The first-order chi connectivity index (χ1) is 53.6. The summed E-state index contributed by atoms with van der Waals surface area (Å²) in [5.41, 5.74) is 33.6. The summed E-state index contributed by atoms with van der Waals surface area (Å²) in [7, 11) is 0. The molecule has 2 aliphatic rings. The molecule has 24 rings (SSSR count). The first kappa shape index (κ1) is 59.5. The Kier molecular flexibility index (Phi) is 12.5. The molecule has 0 saturated carbocycles. The Hall–Kier alpha value is -13.8. The molecule has 0 unspecified atom stereocenters. The van der Waals surface area contributed by atoms with E-state index >= 15 is 0 Å². The number of fused-ring (bicyclic) bond motifs is 25. The number of nitrogens with zero attached hydrogens (tertiary/aromatic N) is 4. The van der Waals surface area contributed by atoms with Crippen LogP contribution in [-0.4, -0.2) is 18.3 Å². The smallest absolute Gasteiger partial charge is 0.0726 e. The maximum atomic E-state index is 2.57. The van der Waals surface area contributed by atoms with Gasteiger partial charge in [-0.05, 0) is 222 Å². The summed E-state index contributed by atoms with van der Waals surface area (Å²) in [6.07, 6.45) is 0. The number of hydrogen-bond acceptors (Lipinski definition) is 1. The number of rotatable bonds is 8. The van der Waals surface area contributed by atoms with Crippen molar-refractivity contribution in [2.75, 3.05) is 0 Å². The maximum Gasteiger partial charge on any atom is 0.0726 e. The lowest BCUT2D eigenvalue weighted by molar-refractivity contribution is 0.793. The van der Waals surface area contributed by atoms with Crippen LogP contribution in [0.4, 0.5) is 0 Å². The van der Waals surface area contributed by atoms with Gasteiger partial charge in [0.05, 0.1) is 49.5 Å². The van der Waals surface area contributed by atoms with Crippen molar-refractivity contribution in [3.05, 3.63) is 398 Å². The van der Waals surface area contributed by atoms with Gasteiger partial charge in [0.2, 0.25) is 0 Å². The molecule has 0 amide bonds. The number of para-hydroxylation sites is 6. The van der Waals surface area contributed by atoms with Crippen molar-refractivity contribution in [1.82, 2.24) is 18.3 Å². The standard InChI is InChI=1S/C103H62N4S/c1-3-21-69(22-4-1)104-92-34-16-9-27-79(92)84-57-64(42-53-96(84)104)66-44-55-98-86(59-66)81-29-11-18-36-94(81)106(98)71-46-39-63(40-47-71)74-52-51-73(101-83-31-13-20-38-100(83)108-102(74)101)68-41-49-77-78-50-48-72(62-91(78)103(90(77)61-68)88-32-14-7-25-75(88)76-26-8-15-33-89(76)103)107-95-37-19-12-30-82(95)87-60-67(45-56-99(87)107)65-43-54-97-85(58-65)80-28-10-17-35-93(80)105(97)70-23-5-2-6-24-70/h1-62H. The third-order valence-corrected chi connectivity index (χ3v) is 25.2. The molecule has 0 atom stereocenters. The number of thiophene rings is 1. The lowest BCUT2D eigenvalue weighted by Crippen LogP contribution is -2.26. The molecule has 0 aliphatic heterocycles. The van der Waals surface area contributed by atoms with Crippen molar-refractivity contribution >= 4 is 119 Å². The SMILES string of the molecule is c1ccc(-n2c3ccccc3c3cc(-c4ccc5c(c4)c4ccccc4n5-c4ccc(-c5ccc(-c6ccc7c(c6)C6(c8ccccc8-c8ccccc86)c6cc(-n8c9ccccc9c9cc(-c%10ccc%11c(c%10)c%10ccccc%10n%11-c%10ccccc%10)ccc98)ccc6-7)c6c5sc5ccccc56)cc4)ccc32)cc1. The molecule has 5 heteroatoms. The zero-order valence-corrected chi connectivity index (χ0v) is 59.3. The van der Waals surface area contributed by atoms with E-state index in [1.807, 2.05) is 11.3 Å². The monoisotopic (exact) mass is 1390 g/mol. The third kappa shape index (κ3) is 8.28. The van der Waals surface area contributed by atoms with Gasteiger partial charge in [-0.1, -0.05) is 243 Å². The summed E-state index contributed by atoms with van der Waals surface area (Å²) in [5.74, 6) is 0. The molecule has 0 bridgehead atoms. The third-order valence-electron chi connectivity index (χ3n) is 24.0. The first-order valence-electron chi connectivity index (χ1n) is 37.4. The van der Waals surface area contributed by atoms with Crippen molar-refractivity contribution in [1.29, 1.82) is 0 Å². The van der Waals surface area contributed by atoms with Crippen LogP contribution in [0.15, 0.2) is 376 Å². The predicted molar refractivity (Wildman–Crippen MR) is 455 cm³/mol. The Balaban J connectivity index is 0.616. The summed E-state index contributed by atoms with van der Waals surface area (Å²) < 4.78 is 12.3. The highest BCUT2D eigenvalue weighted by molar-refractivity contribution is 7.26. The minimum atomic E-state index is -0.602. The van der Waals surface area contributed by atoms with Gasteiger partial charge in [0.15, 0.2) is 0 Å². The maximum absolute atomic E-state index is 2.57. The van der Waals surface area contributed by atoms with Gasteiger partial charge in [-0.2, -0.15) is 0 Å². The molecule has 500 valence electrons. The van der Waals surface area contributed by atoms with E-state index in [0.717, 1.165) is 22.7 Å². The highest BCUT2D eigenvalue weighted by Crippen LogP contribution is 2.64. The van der Waals surface area contributed by atoms with E-state index in [1.54, 1.807) is 0 Å². The molecule has 17 aromatic carbocycles. The Morgan fingerprint density at radius 3 is 0.991 bits per heavy atom. The van der Waals surface area contributed by atoms with Crippen LogP contribution in [0.25, 0.3) is 197 Å². The summed E-state index contributed by atoms with van der Waals surface area (Å²) in [6, 6.07) is 141. The molecule has 22 aromatic rings. The molecular formula is C103H62N4S. The van der Waals surface area contributed by atoms with Crippen molar-refractivity contribution in [2.45, 2.75) is 5.41 Å². The molecular weight excluding hydrogens is 1330 g/mol. The van der Waals surface area contributed by atoms with Gasteiger partial charge in [0.1, 0.15) is 0 Å². The Morgan fingerprint density at radius 1 is 0.185 bits per heavy atom. The van der Waals surface area contributed by atoms with Gasteiger partial charge in [0.25, 0.3) is 0 Å². The van der Waals surface area contributed by atoms with Gasteiger partial charge in [-0.25, -0.2) is 0 Å². The minimum absolute atomic E-state index is 0.602. The van der Waals surface area contributed by atoms with Crippen LogP contribution in [0.2, 0.25) is 0 Å². The highest BCUT2D eigenvalue weighted by Gasteiger charge is 2.52. The summed E-state index contributed by atoms with van der Waals surface area (Å²) in [4.78, 5) is 0. The average molecular weight is 1390 g/mol. The molecule has 4 nitrogen and oxygen atoms in total. The molecule has 0 fully saturated rings. The molecule has 0 N–H and O–H groups in total. The van der Waals surface area contributed by atoms with E-state index in [1.165, 1.54) is 196 Å². The summed E-state index contributed by atoms with van der Waals surface area (Å²) in [5, 5.41) is 12.5. The highest BCUT2D eigenvalue weighted by atomic mass is 32.1. The number of hydrogen-bond donors (Lipinski definition) is 0. The van der Waals surface area contributed by atoms with Gasteiger partial charge in [-0.3, -0.25) is 0 Å². The van der Waals surface area contributed by atoms with Crippen LogP contribution >= 0.6 is 11.3 Å². The lowest BCUT2D eigenvalue weighted by Gasteiger charge is -2.31. The van der Waals surface area contributed by atoms with Crippen molar-refractivity contribution in [3.8, 4) is 89.5 Å². The Labute approximate surface area is 626 Å². The van der Waals surface area contributed by atoms with Crippen LogP contribution < -0.4 is 0 Å². The molecule has 108 heavy (non-hydrogen) atoms. The van der Waals surface area contributed by atoms with Crippen LogP contribution in [-0.2, 0) is 5.41 Å². The molecule has 5 heterocycles. The van der Waals surface area contributed by atoms with E-state index in [2.05, 4.69) is 394 Å². The molecule has 0 radical (unpaired) electrons. The van der Waals surface area contributed by atoms with Crippen molar-refractivity contribution in [2.24, 2.45) is 0 Å². The van der Waals surface area contributed by atoms with E-state index in [4.69, 9.17) is 0 Å². The molecule has 1 spiro atoms. The number of benzene rings is 17. The van der Waals surface area contributed by atoms with Crippen LogP contribution in [0, 0.1) is 0 Å². The van der Waals surface area contributed by atoms with Crippen molar-refractivity contribution in [3.63, 3.8) is 0 Å². The fourth-order valence-electron chi connectivity index (χ4n) is 19.4.